The van der Waals surface area contributed by atoms with Crippen molar-refractivity contribution in [2.75, 3.05) is 12.4 Å². The number of halogens is 2. The Balaban J connectivity index is 2.31. The van der Waals surface area contributed by atoms with Crippen molar-refractivity contribution in [2.24, 2.45) is 5.92 Å². The van der Waals surface area contributed by atoms with Crippen LogP contribution in [-0.2, 0) is 9.53 Å². The van der Waals surface area contributed by atoms with Gasteiger partial charge in [0.15, 0.2) is 5.82 Å². The molecule has 6 heteroatoms. The predicted octanol–water partition coefficient (Wildman–Crippen LogP) is 2.10. The van der Waals surface area contributed by atoms with Crippen molar-refractivity contribution in [2.45, 2.75) is 12.8 Å². The number of anilines is 1. The number of nitrogens with one attached hydrogen (secondary N) is 1. The second-order valence-electron chi connectivity index (χ2n) is 4.04. The molecule has 4 nitrogen and oxygen atoms in total. The van der Waals surface area contributed by atoms with E-state index in [2.05, 4.69) is 10.1 Å². The second kappa shape index (κ2) is 4.72. The maximum absolute atomic E-state index is 13.9. The molecule has 0 bridgehead atoms. The van der Waals surface area contributed by atoms with Crippen LogP contribution in [0.5, 0.6) is 0 Å². The summed E-state index contributed by atoms with van der Waals surface area (Å²) in [4.78, 5) is 22.7. The van der Waals surface area contributed by atoms with E-state index < -0.39 is 23.2 Å². The van der Waals surface area contributed by atoms with E-state index in [1.165, 1.54) is 0 Å². The Labute approximate surface area is 102 Å². The van der Waals surface area contributed by atoms with Gasteiger partial charge in [0, 0.05) is 5.92 Å². The molecule has 0 saturated heterocycles. The number of hydrogen-bond donors (Lipinski definition) is 1. The first kappa shape index (κ1) is 12.5. The SMILES string of the molecule is COC(=O)c1c(F)ccc(NC(=O)C2CC2)c1F. The molecule has 1 aliphatic carbocycles. The van der Waals surface area contributed by atoms with Gasteiger partial charge in [-0.05, 0) is 25.0 Å². The van der Waals surface area contributed by atoms with Crippen LogP contribution in [0.25, 0.3) is 0 Å². The third-order valence-electron chi connectivity index (χ3n) is 2.69. The number of rotatable bonds is 3. The molecule has 18 heavy (non-hydrogen) atoms. The molecule has 0 aromatic heterocycles. The van der Waals surface area contributed by atoms with Crippen LogP contribution in [0.3, 0.4) is 0 Å². The molecule has 0 aliphatic heterocycles. The Morgan fingerprint density at radius 2 is 2.00 bits per heavy atom. The van der Waals surface area contributed by atoms with Gasteiger partial charge in [-0.3, -0.25) is 4.79 Å². The largest absolute Gasteiger partial charge is 0.465 e. The highest BCUT2D eigenvalue weighted by Crippen LogP contribution is 2.31. The maximum Gasteiger partial charge on any atom is 0.343 e. The van der Waals surface area contributed by atoms with E-state index in [4.69, 9.17) is 0 Å². The number of ether oxygens (including phenoxy) is 1. The molecular formula is C12H11F2NO3. The molecule has 1 aromatic rings. The smallest absolute Gasteiger partial charge is 0.343 e. The Morgan fingerprint density at radius 3 is 2.56 bits per heavy atom. The average molecular weight is 255 g/mol. The Hall–Kier alpha value is -1.98. The molecule has 1 fully saturated rings. The van der Waals surface area contributed by atoms with Gasteiger partial charge in [-0.1, -0.05) is 0 Å². The molecule has 0 heterocycles. The van der Waals surface area contributed by atoms with E-state index in [1.54, 1.807) is 0 Å². The zero-order chi connectivity index (χ0) is 13.3. The number of amides is 1. The van der Waals surface area contributed by atoms with Crippen molar-refractivity contribution in [3.63, 3.8) is 0 Å². The summed E-state index contributed by atoms with van der Waals surface area (Å²) in [7, 11) is 1.02. The summed E-state index contributed by atoms with van der Waals surface area (Å²) in [5, 5.41) is 2.33. The van der Waals surface area contributed by atoms with Gasteiger partial charge in [0.05, 0.1) is 12.8 Å². The highest BCUT2D eigenvalue weighted by molar-refractivity contribution is 5.96. The van der Waals surface area contributed by atoms with Crippen molar-refractivity contribution in [3.05, 3.63) is 29.3 Å². The third kappa shape index (κ3) is 2.32. The van der Waals surface area contributed by atoms with Crippen LogP contribution in [0.1, 0.15) is 23.2 Å². The number of methoxy groups -OCH3 is 1. The lowest BCUT2D eigenvalue weighted by molar-refractivity contribution is -0.117. The van der Waals surface area contributed by atoms with Crippen LogP contribution in [-0.4, -0.2) is 19.0 Å². The van der Waals surface area contributed by atoms with E-state index in [-0.39, 0.29) is 17.5 Å². The topological polar surface area (TPSA) is 55.4 Å². The minimum Gasteiger partial charge on any atom is -0.465 e. The lowest BCUT2D eigenvalue weighted by Gasteiger charge is -2.09. The van der Waals surface area contributed by atoms with Crippen LogP contribution < -0.4 is 5.32 Å². The van der Waals surface area contributed by atoms with Crippen molar-refractivity contribution < 1.29 is 23.1 Å². The van der Waals surface area contributed by atoms with Crippen molar-refractivity contribution in [1.29, 1.82) is 0 Å². The third-order valence-corrected chi connectivity index (χ3v) is 2.69. The Morgan fingerprint density at radius 1 is 1.33 bits per heavy atom. The molecule has 96 valence electrons. The molecule has 0 spiro atoms. The summed E-state index contributed by atoms with van der Waals surface area (Å²) in [6, 6.07) is 2.00. The number of benzene rings is 1. The van der Waals surface area contributed by atoms with Crippen LogP contribution in [0.4, 0.5) is 14.5 Å². The molecule has 0 unspecified atom stereocenters. The number of carbonyl (C=O) groups excluding carboxylic acids is 2. The van der Waals surface area contributed by atoms with E-state index >= 15 is 0 Å². The fraction of sp³-hybridized carbons (Fsp3) is 0.333. The average Bonchev–Trinajstić information content (AvgIpc) is 3.16. The minimum absolute atomic E-state index is 0.115. The first-order valence-corrected chi connectivity index (χ1v) is 5.41. The van der Waals surface area contributed by atoms with Gasteiger partial charge in [-0.2, -0.15) is 0 Å². The first-order chi connectivity index (χ1) is 8.54. The van der Waals surface area contributed by atoms with E-state index in [0.29, 0.717) is 0 Å². The highest BCUT2D eigenvalue weighted by atomic mass is 19.1. The summed E-state index contributed by atoms with van der Waals surface area (Å²) in [6.45, 7) is 0. The fourth-order valence-corrected chi connectivity index (χ4v) is 1.52. The van der Waals surface area contributed by atoms with Gasteiger partial charge in [0.25, 0.3) is 0 Å². The zero-order valence-corrected chi connectivity index (χ0v) is 9.63. The summed E-state index contributed by atoms with van der Waals surface area (Å²) < 4.78 is 31.5. The van der Waals surface area contributed by atoms with Crippen LogP contribution in [0.2, 0.25) is 0 Å². The molecule has 0 radical (unpaired) electrons. The molecular weight excluding hydrogens is 244 g/mol. The molecule has 1 saturated carbocycles. The van der Waals surface area contributed by atoms with Crippen LogP contribution in [0.15, 0.2) is 12.1 Å². The fourth-order valence-electron chi connectivity index (χ4n) is 1.52. The standard InChI is InChI=1S/C12H11F2NO3/c1-18-12(17)9-7(13)4-5-8(10(9)14)15-11(16)6-2-3-6/h4-6H,2-3H2,1H3,(H,15,16). The summed E-state index contributed by atoms with van der Waals surface area (Å²) >= 11 is 0. The van der Waals surface area contributed by atoms with Gasteiger partial charge < -0.3 is 10.1 Å². The van der Waals surface area contributed by atoms with Crippen molar-refractivity contribution >= 4 is 17.6 Å². The van der Waals surface area contributed by atoms with Crippen molar-refractivity contribution in [1.82, 2.24) is 0 Å². The van der Waals surface area contributed by atoms with E-state index in [0.717, 1.165) is 32.1 Å². The first-order valence-electron chi connectivity index (χ1n) is 5.41. The van der Waals surface area contributed by atoms with Crippen LogP contribution >= 0.6 is 0 Å². The van der Waals surface area contributed by atoms with E-state index in [9.17, 15) is 18.4 Å². The monoisotopic (exact) mass is 255 g/mol. The molecule has 1 amide bonds. The normalized spacial score (nSPS) is 14.2. The zero-order valence-electron chi connectivity index (χ0n) is 9.63. The minimum atomic E-state index is -1.12. The predicted molar refractivity (Wildman–Crippen MR) is 59.1 cm³/mol. The number of hydrogen-bond acceptors (Lipinski definition) is 3. The molecule has 1 N–H and O–H groups in total. The van der Waals surface area contributed by atoms with Gasteiger partial charge in [-0.25, -0.2) is 13.6 Å². The second-order valence-corrected chi connectivity index (χ2v) is 4.04. The summed E-state index contributed by atoms with van der Waals surface area (Å²) in [5.41, 5.74) is -1.01. The van der Waals surface area contributed by atoms with Gasteiger partial charge >= 0.3 is 5.97 Å². The van der Waals surface area contributed by atoms with Gasteiger partial charge in [0.2, 0.25) is 5.91 Å². The Kier molecular flexibility index (Phi) is 3.27. The number of esters is 1. The van der Waals surface area contributed by atoms with Gasteiger partial charge in [-0.15, -0.1) is 0 Å². The molecule has 1 aliphatic rings. The lowest BCUT2D eigenvalue weighted by Crippen LogP contribution is -2.17. The lowest BCUT2D eigenvalue weighted by atomic mass is 10.1. The highest BCUT2D eigenvalue weighted by Gasteiger charge is 2.31. The molecule has 0 atom stereocenters. The van der Waals surface area contributed by atoms with Crippen molar-refractivity contribution in [3.8, 4) is 0 Å². The quantitative estimate of drug-likeness (QED) is 0.841. The molecule has 1 aromatic carbocycles. The van der Waals surface area contributed by atoms with Gasteiger partial charge in [0.1, 0.15) is 11.4 Å². The molecule has 2 rings (SSSR count). The summed E-state index contributed by atoms with van der Waals surface area (Å²) in [6.07, 6.45) is 1.52. The Bertz CT molecular complexity index is 512. The van der Waals surface area contributed by atoms with Crippen LogP contribution in [0, 0.1) is 17.6 Å². The summed E-state index contributed by atoms with van der Waals surface area (Å²) in [5.74, 6) is -3.69. The van der Waals surface area contributed by atoms with E-state index in [1.807, 2.05) is 0 Å². The number of carbonyl (C=O) groups is 2. The maximum atomic E-state index is 13.9.